The second-order valence-electron chi connectivity index (χ2n) is 5.86. The summed E-state index contributed by atoms with van der Waals surface area (Å²) >= 11 is 3.42. The Morgan fingerprint density at radius 1 is 0.920 bits per heavy atom. The summed E-state index contributed by atoms with van der Waals surface area (Å²) in [5, 5.41) is 3.99. The van der Waals surface area contributed by atoms with Crippen LogP contribution < -0.4 is 14.8 Å². The fraction of sp³-hybridized carbons (Fsp3) is 0.0526. The highest BCUT2D eigenvalue weighted by atomic mass is 79.9. The SMILES string of the molecule is O=C1NC(=O)c2c1cc1ccc3c(c1c2-c1ccc(Br)cc1)OCO3. The summed E-state index contributed by atoms with van der Waals surface area (Å²) < 4.78 is 12.1. The summed E-state index contributed by atoms with van der Waals surface area (Å²) in [6.07, 6.45) is 0. The zero-order valence-corrected chi connectivity index (χ0v) is 14.3. The molecule has 2 aliphatic rings. The molecule has 0 fully saturated rings. The normalized spacial score (nSPS) is 14.8. The Hall–Kier alpha value is -2.86. The Balaban J connectivity index is 1.97. The fourth-order valence-corrected chi connectivity index (χ4v) is 3.67. The summed E-state index contributed by atoms with van der Waals surface area (Å²) in [6, 6.07) is 13.0. The fourth-order valence-electron chi connectivity index (χ4n) is 3.41. The first kappa shape index (κ1) is 14.5. The number of rotatable bonds is 1. The molecule has 2 heterocycles. The topological polar surface area (TPSA) is 64.6 Å². The molecule has 6 heteroatoms. The molecule has 0 bridgehead atoms. The van der Waals surface area contributed by atoms with Crippen LogP contribution in [0, 0.1) is 0 Å². The summed E-state index contributed by atoms with van der Waals surface area (Å²) in [6.45, 7) is 0.135. The first-order valence-electron chi connectivity index (χ1n) is 7.64. The van der Waals surface area contributed by atoms with Gasteiger partial charge in [0.2, 0.25) is 6.79 Å². The van der Waals surface area contributed by atoms with E-state index in [9.17, 15) is 9.59 Å². The van der Waals surface area contributed by atoms with Gasteiger partial charge in [-0.2, -0.15) is 0 Å². The highest BCUT2D eigenvalue weighted by Gasteiger charge is 2.33. The van der Waals surface area contributed by atoms with Crippen molar-refractivity contribution in [2.75, 3.05) is 6.79 Å². The molecular weight excluding hydrogens is 386 g/mol. The lowest BCUT2D eigenvalue weighted by Gasteiger charge is -2.13. The number of ether oxygens (including phenoxy) is 2. The average molecular weight is 396 g/mol. The van der Waals surface area contributed by atoms with E-state index in [1.165, 1.54) is 0 Å². The number of halogens is 1. The molecule has 0 spiro atoms. The highest BCUT2D eigenvalue weighted by molar-refractivity contribution is 9.10. The van der Waals surface area contributed by atoms with E-state index in [1.807, 2.05) is 36.4 Å². The maximum Gasteiger partial charge on any atom is 0.259 e. The molecule has 5 rings (SSSR count). The standard InChI is InChI=1S/C19H10BrNO4/c20-11-4-1-9(2-5-11)14-15-10(3-6-13-17(15)25-8-24-13)7-12-16(14)19(23)21-18(12)22/h1-7H,8H2,(H,21,22,23). The first-order valence-corrected chi connectivity index (χ1v) is 8.44. The zero-order chi connectivity index (χ0) is 17.1. The Labute approximate surface area is 150 Å². The molecule has 0 aliphatic carbocycles. The van der Waals surface area contributed by atoms with Gasteiger partial charge in [-0.05, 0) is 35.2 Å². The molecule has 0 radical (unpaired) electrons. The van der Waals surface area contributed by atoms with E-state index in [-0.39, 0.29) is 12.7 Å². The molecule has 3 aromatic carbocycles. The Morgan fingerprint density at radius 3 is 2.52 bits per heavy atom. The molecule has 0 saturated heterocycles. The van der Waals surface area contributed by atoms with Gasteiger partial charge < -0.3 is 9.47 Å². The van der Waals surface area contributed by atoms with Crippen LogP contribution in [0.2, 0.25) is 0 Å². The van der Waals surface area contributed by atoms with Gasteiger partial charge in [-0.3, -0.25) is 14.9 Å². The average Bonchev–Trinajstić information content (AvgIpc) is 3.19. The van der Waals surface area contributed by atoms with E-state index >= 15 is 0 Å². The quantitative estimate of drug-likeness (QED) is 0.635. The van der Waals surface area contributed by atoms with Gasteiger partial charge in [-0.15, -0.1) is 0 Å². The minimum absolute atomic E-state index is 0.135. The summed E-state index contributed by atoms with van der Waals surface area (Å²) in [4.78, 5) is 24.7. The molecule has 1 N–H and O–H groups in total. The number of hydrogen-bond acceptors (Lipinski definition) is 4. The summed E-state index contributed by atoms with van der Waals surface area (Å²) in [5.74, 6) is 0.468. The number of fused-ring (bicyclic) bond motifs is 4. The van der Waals surface area contributed by atoms with E-state index < -0.39 is 5.91 Å². The van der Waals surface area contributed by atoms with Crippen LogP contribution in [0.4, 0.5) is 0 Å². The van der Waals surface area contributed by atoms with Gasteiger partial charge in [-0.25, -0.2) is 0 Å². The van der Waals surface area contributed by atoms with Crippen LogP contribution in [0.25, 0.3) is 21.9 Å². The van der Waals surface area contributed by atoms with Crippen LogP contribution in [0.3, 0.4) is 0 Å². The molecule has 0 saturated carbocycles. The maximum absolute atomic E-state index is 12.5. The summed E-state index contributed by atoms with van der Waals surface area (Å²) in [5.41, 5.74) is 2.28. The van der Waals surface area contributed by atoms with Gasteiger partial charge in [0.05, 0.1) is 11.1 Å². The first-order chi connectivity index (χ1) is 12.1. The van der Waals surface area contributed by atoms with Gasteiger partial charge in [-0.1, -0.05) is 34.1 Å². The molecule has 25 heavy (non-hydrogen) atoms. The molecule has 0 atom stereocenters. The third-order valence-corrected chi connectivity index (χ3v) is 5.00. The molecule has 0 unspecified atom stereocenters. The zero-order valence-electron chi connectivity index (χ0n) is 12.8. The van der Waals surface area contributed by atoms with E-state index in [0.717, 1.165) is 20.8 Å². The van der Waals surface area contributed by atoms with Gasteiger partial charge in [0.25, 0.3) is 11.8 Å². The number of carbonyl (C=O) groups excluding carboxylic acids is 2. The van der Waals surface area contributed by atoms with Crippen LogP contribution >= 0.6 is 15.9 Å². The molecule has 2 amide bonds. The minimum Gasteiger partial charge on any atom is -0.454 e. The Kier molecular flexibility index (Phi) is 2.93. The van der Waals surface area contributed by atoms with Crippen LogP contribution in [0.1, 0.15) is 20.7 Å². The van der Waals surface area contributed by atoms with Crippen molar-refractivity contribution in [3.63, 3.8) is 0 Å². The van der Waals surface area contributed by atoms with Crippen molar-refractivity contribution >= 4 is 38.5 Å². The van der Waals surface area contributed by atoms with Crippen LogP contribution in [-0.2, 0) is 0 Å². The minimum atomic E-state index is -0.392. The van der Waals surface area contributed by atoms with Crippen molar-refractivity contribution in [2.45, 2.75) is 0 Å². The van der Waals surface area contributed by atoms with Crippen molar-refractivity contribution < 1.29 is 19.1 Å². The van der Waals surface area contributed by atoms with E-state index in [0.29, 0.717) is 28.2 Å². The second-order valence-corrected chi connectivity index (χ2v) is 6.78. The largest absolute Gasteiger partial charge is 0.454 e. The smallest absolute Gasteiger partial charge is 0.259 e. The molecule has 122 valence electrons. The van der Waals surface area contributed by atoms with Gasteiger partial charge in [0, 0.05) is 15.4 Å². The number of carbonyl (C=O) groups is 2. The molecule has 2 aliphatic heterocycles. The molecular formula is C19H10BrNO4. The lowest BCUT2D eigenvalue weighted by molar-refractivity contribution is 0.0880. The Morgan fingerprint density at radius 2 is 1.72 bits per heavy atom. The van der Waals surface area contributed by atoms with Gasteiger partial charge in [0.15, 0.2) is 11.5 Å². The number of benzene rings is 3. The predicted octanol–water partition coefficient (Wildman–Crippen LogP) is 3.88. The van der Waals surface area contributed by atoms with Crippen molar-refractivity contribution in [1.29, 1.82) is 0 Å². The monoisotopic (exact) mass is 395 g/mol. The van der Waals surface area contributed by atoms with Crippen LogP contribution in [-0.4, -0.2) is 18.6 Å². The van der Waals surface area contributed by atoms with Crippen molar-refractivity contribution in [2.24, 2.45) is 0 Å². The van der Waals surface area contributed by atoms with Crippen molar-refractivity contribution in [3.05, 3.63) is 58.1 Å². The van der Waals surface area contributed by atoms with Crippen LogP contribution in [0.15, 0.2) is 46.9 Å². The summed E-state index contributed by atoms with van der Waals surface area (Å²) in [7, 11) is 0. The second kappa shape index (κ2) is 5.07. The maximum atomic E-state index is 12.5. The van der Waals surface area contributed by atoms with E-state index in [4.69, 9.17) is 9.47 Å². The van der Waals surface area contributed by atoms with Crippen molar-refractivity contribution in [1.82, 2.24) is 5.32 Å². The van der Waals surface area contributed by atoms with Crippen molar-refractivity contribution in [3.8, 4) is 22.6 Å². The molecule has 3 aromatic rings. The van der Waals surface area contributed by atoms with E-state index in [1.54, 1.807) is 6.07 Å². The van der Waals surface area contributed by atoms with Crippen LogP contribution in [0.5, 0.6) is 11.5 Å². The number of nitrogens with one attached hydrogen (secondary N) is 1. The predicted molar refractivity (Wildman–Crippen MR) is 95.0 cm³/mol. The third kappa shape index (κ3) is 2.01. The molecule has 5 nitrogen and oxygen atoms in total. The number of imide groups is 1. The van der Waals surface area contributed by atoms with Gasteiger partial charge in [0.1, 0.15) is 0 Å². The highest BCUT2D eigenvalue weighted by Crippen LogP contribution is 2.46. The number of amides is 2. The third-order valence-electron chi connectivity index (χ3n) is 4.47. The number of hydrogen-bond donors (Lipinski definition) is 1. The Bertz CT molecular complexity index is 1090. The lowest BCUT2D eigenvalue weighted by Crippen LogP contribution is -2.20. The van der Waals surface area contributed by atoms with Gasteiger partial charge >= 0.3 is 0 Å². The van der Waals surface area contributed by atoms with E-state index in [2.05, 4.69) is 21.2 Å². The lowest BCUT2D eigenvalue weighted by atomic mass is 9.90. The molecule has 0 aromatic heterocycles.